The Bertz CT molecular complexity index is 1150. The summed E-state index contributed by atoms with van der Waals surface area (Å²) in [6.07, 6.45) is 6.33. The van der Waals surface area contributed by atoms with Gasteiger partial charge in [0, 0.05) is 55.2 Å². The molecule has 8 atom stereocenters. The highest BCUT2D eigenvalue weighted by atomic mass is 35.6. The number of amides is 3. The van der Waals surface area contributed by atoms with Gasteiger partial charge in [0.2, 0.25) is 9.70 Å². The molecule has 1 aliphatic heterocycles. The van der Waals surface area contributed by atoms with Gasteiger partial charge in [0.25, 0.3) is 0 Å². The van der Waals surface area contributed by atoms with E-state index in [9.17, 15) is 19.2 Å². The number of piperidine rings is 1. The molecule has 3 saturated carbocycles. The molecule has 0 spiro atoms. The number of allylic oxidation sites excluding steroid dienone is 2. The molecule has 1 saturated heterocycles. The number of alkyl halides is 3. The molecule has 0 aromatic rings. The van der Waals surface area contributed by atoms with E-state index in [1.165, 1.54) is 4.90 Å². The lowest BCUT2D eigenvalue weighted by Crippen LogP contribution is -2.63. The molecule has 1 heterocycles. The maximum atomic E-state index is 14.2. The highest BCUT2D eigenvalue weighted by molar-refractivity contribution is 6.67. The first-order valence-electron chi connectivity index (χ1n) is 15.7. The highest BCUT2D eigenvalue weighted by Gasteiger charge is 2.68. The number of nitrogens with zero attached hydrogens (tertiary/aromatic N) is 1. The van der Waals surface area contributed by atoms with E-state index in [0.29, 0.717) is 19.3 Å². The zero-order valence-corrected chi connectivity index (χ0v) is 28.9. The Morgan fingerprint density at radius 2 is 1.70 bits per heavy atom. The predicted molar refractivity (Wildman–Crippen MR) is 169 cm³/mol. The molecule has 1 N–H and O–H groups in total. The number of imide groups is 1. The Morgan fingerprint density at radius 1 is 1.07 bits per heavy atom. The summed E-state index contributed by atoms with van der Waals surface area (Å²) in [6.45, 7) is 10.5. The second-order valence-corrected chi connectivity index (χ2v) is 16.4. The number of Topliss-reactive ketones (excluding diaryl/α,β-unsaturated/α-hetero) is 1. The molecule has 0 radical (unpaired) electrons. The summed E-state index contributed by atoms with van der Waals surface area (Å²) < 4.78 is 15.6. The Labute approximate surface area is 276 Å². The molecule has 3 aliphatic carbocycles. The van der Waals surface area contributed by atoms with Crippen LogP contribution in [0.15, 0.2) is 12.2 Å². The number of likely N-dealkylation sites (tertiary alicyclic amines) is 1. The third kappa shape index (κ3) is 6.63. The minimum atomic E-state index is -1.71. The van der Waals surface area contributed by atoms with Crippen LogP contribution in [-0.4, -0.2) is 71.6 Å². The van der Waals surface area contributed by atoms with Crippen LogP contribution in [0.1, 0.15) is 79.6 Å². The first-order valence-corrected chi connectivity index (χ1v) is 16.9. The second-order valence-electron chi connectivity index (χ2n) is 13.9. The van der Waals surface area contributed by atoms with Crippen molar-refractivity contribution < 1.29 is 33.4 Å². The molecule has 4 fully saturated rings. The van der Waals surface area contributed by atoms with Crippen LogP contribution in [0.25, 0.3) is 0 Å². The monoisotopic (exact) mass is 676 g/mol. The van der Waals surface area contributed by atoms with Gasteiger partial charge in [-0.2, -0.15) is 0 Å². The first-order chi connectivity index (χ1) is 20.5. The fourth-order valence-corrected chi connectivity index (χ4v) is 9.21. The van der Waals surface area contributed by atoms with E-state index >= 15 is 0 Å². The van der Waals surface area contributed by atoms with E-state index in [1.54, 1.807) is 7.11 Å². The van der Waals surface area contributed by atoms with Gasteiger partial charge in [-0.1, -0.05) is 67.7 Å². The number of nitrogens with one attached hydrogen (secondary N) is 1. The van der Waals surface area contributed by atoms with E-state index in [4.69, 9.17) is 49.0 Å². The van der Waals surface area contributed by atoms with E-state index in [0.717, 1.165) is 25.7 Å². The normalized spacial score (nSPS) is 38.1. The average molecular weight is 678 g/mol. The van der Waals surface area contributed by atoms with Crippen LogP contribution >= 0.6 is 34.8 Å². The standard InChI is InChI=1S/C32H47Cl3N2O7/c1-7-12-29(4)17-23(30(5)19(2)8-13-31(20(3)25(29)38)14-9-22(42-6)24(30)31)44-27(40)36-26(39)21-10-15-37(16-11-21)28(41)43-18-32(33,34)35/h7,12,19-24H,8-11,13-18H2,1-6H3,(H,36,39,40)/b12-7-/t19?,20-,22+,23+,24?,29+,30-,31?/m0/s1. The van der Waals surface area contributed by atoms with E-state index < -0.39 is 44.7 Å². The van der Waals surface area contributed by atoms with Crippen molar-refractivity contribution in [3.05, 3.63) is 12.2 Å². The largest absolute Gasteiger partial charge is 0.445 e. The molecule has 4 rings (SSSR count). The number of hydrogen-bond donors (Lipinski definition) is 1. The lowest BCUT2D eigenvalue weighted by molar-refractivity contribution is -0.189. The molecular formula is C32H47Cl3N2O7. The van der Waals surface area contributed by atoms with Crippen LogP contribution in [0.2, 0.25) is 0 Å². The van der Waals surface area contributed by atoms with Crippen molar-refractivity contribution in [2.45, 2.75) is 95.6 Å². The van der Waals surface area contributed by atoms with Crippen molar-refractivity contribution in [1.29, 1.82) is 0 Å². The van der Waals surface area contributed by atoms with Crippen molar-refractivity contribution in [1.82, 2.24) is 10.2 Å². The smallest absolute Gasteiger partial charge is 0.414 e. The number of rotatable bonds is 5. The summed E-state index contributed by atoms with van der Waals surface area (Å²) in [5.74, 6) is -0.719. The van der Waals surface area contributed by atoms with Gasteiger partial charge in [-0.25, -0.2) is 9.59 Å². The molecule has 3 unspecified atom stereocenters. The number of halogens is 3. The Kier molecular flexibility index (Phi) is 10.7. The van der Waals surface area contributed by atoms with Gasteiger partial charge in [0.15, 0.2) is 0 Å². The van der Waals surface area contributed by atoms with Crippen LogP contribution in [0.3, 0.4) is 0 Å². The van der Waals surface area contributed by atoms with Crippen LogP contribution in [-0.2, 0) is 23.8 Å². The maximum Gasteiger partial charge on any atom is 0.414 e. The number of ketones is 1. The lowest BCUT2D eigenvalue weighted by atomic mass is 9.44. The Morgan fingerprint density at radius 3 is 2.30 bits per heavy atom. The minimum absolute atomic E-state index is 0.0250. The summed E-state index contributed by atoms with van der Waals surface area (Å²) in [6, 6.07) is 0. The summed E-state index contributed by atoms with van der Waals surface area (Å²) in [7, 11) is 1.73. The number of carbonyl (C=O) groups excluding carboxylic acids is 4. The number of carbonyl (C=O) groups is 4. The third-order valence-electron chi connectivity index (χ3n) is 11.6. The molecule has 12 heteroatoms. The van der Waals surface area contributed by atoms with E-state index in [1.807, 2.05) is 26.0 Å². The van der Waals surface area contributed by atoms with Gasteiger partial charge in [0.05, 0.1) is 6.10 Å². The molecule has 0 aromatic carbocycles. The lowest BCUT2D eigenvalue weighted by Gasteiger charge is -2.61. The molecular weight excluding hydrogens is 631 g/mol. The zero-order valence-electron chi connectivity index (χ0n) is 26.6. The van der Waals surface area contributed by atoms with Gasteiger partial charge in [0.1, 0.15) is 18.5 Å². The molecule has 4 aliphatic rings. The van der Waals surface area contributed by atoms with Gasteiger partial charge in [-0.3, -0.25) is 14.9 Å². The molecule has 248 valence electrons. The first kappa shape index (κ1) is 35.3. The molecule has 2 bridgehead atoms. The Hall–Kier alpha value is -1.55. The summed E-state index contributed by atoms with van der Waals surface area (Å²) in [5, 5.41) is 2.47. The molecule has 9 nitrogen and oxygen atoms in total. The van der Waals surface area contributed by atoms with Crippen molar-refractivity contribution in [2.75, 3.05) is 26.8 Å². The number of hydrogen-bond acceptors (Lipinski definition) is 7. The highest BCUT2D eigenvalue weighted by Crippen LogP contribution is 2.68. The predicted octanol–water partition coefficient (Wildman–Crippen LogP) is 6.87. The number of alkyl carbamates (subject to hydrolysis) is 1. The third-order valence-corrected chi connectivity index (χ3v) is 11.9. The van der Waals surface area contributed by atoms with E-state index in [-0.39, 0.29) is 54.8 Å². The molecule has 3 amide bonds. The maximum absolute atomic E-state index is 14.2. The fourth-order valence-electron chi connectivity index (χ4n) is 9.05. The fraction of sp³-hybridized carbons (Fsp3) is 0.812. The summed E-state index contributed by atoms with van der Waals surface area (Å²) >= 11 is 17.0. The van der Waals surface area contributed by atoms with Crippen LogP contribution in [0.4, 0.5) is 9.59 Å². The van der Waals surface area contributed by atoms with Crippen molar-refractivity contribution in [3.8, 4) is 0 Å². The molecule has 44 heavy (non-hydrogen) atoms. The van der Waals surface area contributed by atoms with Gasteiger partial charge >= 0.3 is 12.2 Å². The minimum Gasteiger partial charge on any atom is -0.445 e. The number of methoxy groups -OCH3 is 1. The van der Waals surface area contributed by atoms with Crippen molar-refractivity contribution in [2.24, 2.45) is 39.9 Å². The average Bonchev–Trinajstić information content (AvgIpc) is 3.37. The van der Waals surface area contributed by atoms with Crippen LogP contribution in [0, 0.1) is 39.9 Å². The van der Waals surface area contributed by atoms with Gasteiger partial charge in [-0.15, -0.1) is 0 Å². The van der Waals surface area contributed by atoms with Crippen molar-refractivity contribution in [3.63, 3.8) is 0 Å². The zero-order chi connectivity index (χ0) is 32.7. The second kappa shape index (κ2) is 13.3. The SMILES string of the molecule is C/C=C\[C@]1(C)C[C@@H](OC(=O)NC(=O)C2CCN(C(=O)OCC(Cl)(Cl)Cl)CC2)[C@]2(C)C(C)CCC3(CC[C@@H](OC)C32)[C@@H](C)C1=O. The van der Waals surface area contributed by atoms with Crippen molar-refractivity contribution >= 4 is 58.7 Å². The van der Waals surface area contributed by atoms with Crippen LogP contribution in [0.5, 0.6) is 0 Å². The summed E-state index contributed by atoms with van der Waals surface area (Å²) in [4.78, 5) is 54.6. The Balaban J connectivity index is 1.52. The quantitative estimate of drug-likeness (QED) is 0.250. The van der Waals surface area contributed by atoms with E-state index in [2.05, 4.69) is 26.1 Å². The van der Waals surface area contributed by atoms with Crippen LogP contribution < -0.4 is 5.32 Å². The van der Waals surface area contributed by atoms with Gasteiger partial charge in [-0.05, 0) is 63.7 Å². The van der Waals surface area contributed by atoms with Gasteiger partial charge < -0.3 is 19.1 Å². The molecule has 0 aromatic heterocycles. The number of ether oxygens (including phenoxy) is 3. The summed E-state index contributed by atoms with van der Waals surface area (Å²) in [5.41, 5.74) is -1.56. The topological polar surface area (TPSA) is 111 Å².